The first-order chi connectivity index (χ1) is 14.6. The molecule has 0 unspecified atom stereocenters. The molecule has 1 aliphatic heterocycles. The van der Waals surface area contributed by atoms with Gasteiger partial charge in [0.2, 0.25) is 0 Å². The van der Waals surface area contributed by atoms with Gasteiger partial charge in [-0.15, -0.1) is 0 Å². The molecule has 2 amide bonds. The van der Waals surface area contributed by atoms with Crippen LogP contribution in [-0.4, -0.2) is 24.9 Å². The number of furan rings is 1. The maximum atomic E-state index is 12.4. The quantitative estimate of drug-likeness (QED) is 0.595. The van der Waals surface area contributed by atoms with Crippen molar-refractivity contribution in [3.05, 3.63) is 88.8 Å². The van der Waals surface area contributed by atoms with Gasteiger partial charge < -0.3 is 20.0 Å². The van der Waals surface area contributed by atoms with Crippen molar-refractivity contribution in [2.75, 3.05) is 18.0 Å². The molecule has 6 nitrogen and oxygen atoms in total. The zero-order chi connectivity index (χ0) is 20.9. The van der Waals surface area contributed by atoms with Crippen LogP contribution in [0.5, 0.6) is 0 Å². The summed E-state index contributed by atoms with van der Waals surface area (Å²) in [6.07, 6.45) is 2.55. The summed E-state index contributed by atoms with van der Waals surface area (Å²) in [4.78, 5) is 26.8. The number of para-hydroxylation sites is 1. The second kappa shape index (κ2) is 9.05. The van der Waals surface area contributed by atoms with Gasteiger partial charge in [-0.05, 0) is 47.9 Å². The van der Waals surface area contributed by atoms with Gasteiger partial charge in [0.05, 0.1) is 6.26 Å². The van der Waals surface area contributed by atoms with Crippen LogP contribution in [0.3, 0.4) is 0 Å². The minimum Gasteiger partial charge on any atom is -0.467 e. The van der Waals surface area contributed by atoms with Crippen molar-refractivity contribution in [2.24, 2.45) is 0 Å². The minimum absolute atomic E-state index is 0.198. The van der Waals surface area contributed by atoms with Gasteiger partial charge in [0.25, 0.3) is 0 Å². The molecular formula is C23H22ClN3O3. The number of hydrogen-bond donors (Lipinski definition) is 2. The topological polar surface area (TPSA) is 74.6 Å². The Kier molecular flexibility index (Phi) is 6.05. The van der Waals surface area contributed by atoms with Crippen molar-refractivity contribution < 1.29 is 14.0 Å². The summed E-state index contributed by atoms with van der Waals surface area (Å²) in [7, 11) is 0. The largest absolute Gasteiger partial charge is 0.467 e. The van der Waals surface area contributed by atoms with E-state index in [1.807, 2.05) is 24.3 Å². The summed E-state index contributed by atoms with van der Waals surface area (Å²) in [6.45, 7) is 1.34. The summed E-state index contributed by atoms with van der Waals surface area (Å²) in [5.41, 5.74) is 3.25. The molecule has 1 aromatic heterocycles. The van der Waals surface area contributed by atoms with Crippen molar-refractivity contribution in [1.82, 2.24) is 10.6 Å². The van der Waals surface area contributed by atoms with E-state index in [9.17, 15) is 9.59 Å². The van der Waals surface area contributed by atoms with E-state index in [1.165, 1.54) is 5.56 Å². The summed E-state index contributed by atoms with van der Waals surface area (Å²) in [5, 5.41) is 6.00. The van der Waals surface area contributed by atoms with Crippen molar-refractivity contribution in [3.63, 3.8) is 0 Å². The molecule has 0 saturated heterocycles. The number of anilines is 1. The molecule has 0 bridgehead atoms. The fourth-order valence-electron chi connectivity index (χ4n) is 3.67. The third-order valence-corrected chi connectivity index (χ3v) is 5.45. The molecular weight excluding hydrogens is 402 g/mol. The van der Waals surface area contributed by atoms with Crippen LogP contribution in [0.25, 0.3) is 0 Å². The summed E-state index contributed by atoms with van der Waals surface area (Å²) >= 11 is 5.86. The maximum absolute atomic E-state index is 12.4. The third-order valence-electron chi connectivity index (χ3n) is 5.20. The highest BCUT2D eigenvalue weighted by Gasteiger charge is 2.29. The number of carbonyl (C=O) groups is 2. The normalized spacial score (nSPS) is 13.6. The third kappa shape index (κ3) is 4.49. The van der Waals surface area contributed by atoms with Gasteiger partial charge in [-0.2, -0.15) is 0 Å². The number of benzene rings is 2. The smallest absolute Gasteiger partial charge is 0.309 e. The molecule has 2 aromatic carbocycles. The molecule has 0 aliphatic carbocycles. The van der Waals surface area contributed by atoms with Crippen LogP contribution >= 0.6 is 11.6 Å². The Hall–Kier alpha value is -3.25. The molecule has 7 heteroatoms. The van der Waals surface area contributed by atoms with Gasteiger partial charge in [0.1, 0.15) is 11.8 Å². The number of halogens is 1. The first kappa shape index (κ1) is 20.0. The number of amides is 2. The SMILES string of the molecule is O=C(NCc1ccc(Cl)cc1)C(=O)NC[C@@H](c1ccco1)N1CCc2ccccc21. The highest BCUT2D eigenvalue weighted by Crippen LogP contribution is 2.34. The van der Waals surface area contributed by atoms with Gasteiger partial charge in [0.15, 0.2) is 0 Å². The molecule has 1 aliphatic rings. The molecule has 30 heavy (non-hydrogen) atoms. The van der Waals surface area contributed by atoms with E-state index in [2.05, 4.69) is 27.7 Å². The molecule has 0 fully saturated rings. The van der Waals surface area contributed by atoms with Gasteiger partial charge in [0, 0.05) is 30.3 Å². The lowest BCUT2D eigenvalue weighted by Gasteiger charge is -2.29. The Morgan fingerprint density at radius 3 is 2.53 bits per heavy atom. The Balaban J connectivity index is 1.38. The zero-order valence-corrected chi connectivity index (χ0v) is 17.1. The van der Waals surface area contributed by atoms with E-state index in [1.54, 1.807) is 30.5 Å². The standard InChI is InChI=1S/C23H22ClN3O3/c24-18-9-7-16(8-10-18)14-25-22(28)23(29)26-15-20(21-6-3-13-30-21)27-12-11-17-4-1-2-5-19(17)27/h1-10,13,20H,11-12,14-15H2,(H,25,28)(H,26,29)/t20-/m0/s1. The van der Waals surface area contributed by atoms with Crippen molar-refractivity contribution in [3.8, 4) is 0 Å². The summed E-state index contributed by atoms with van der Waals surface area (Å²) in [5.74, 6) is -0.605. The van der Waals surface area contributed by atoms with E-state index in [0.29, 0.717) is 5.02 Å². The number of rotatable bonds is 6. The van der Waals surface area contributed by atoms with Crippen LogP contribution in [-0.2, 0) is 22.6 Å². The molecule has 3 aromatic rings. The van der Waals surface area contributed by atoms with Gasteiger partial charge >= 0.3 is 11.8 Å². The molecule has 154 valence electrons. The van der Waals surface area contributed by atoms with E-state index >= 15 is 0 Å². The lowest BCUT2D eigenvalue weighted by molar-refractivity contribution is -0.139. The molecule has 2 N–H and O–H groups in total. The molecule has 0 spiro atoms. The van der Waals surface area contributed by atoms with Crippen LogP contribution in [0.15, 0.2) is 71.3 Å². The number of carbonyl (C=O) groups excluding carboxylic acids is 2. The second-order valence-electron chi connectivity index (χ2n) is 7.12. The molecule has 4 rings (SSSR count). The highest BCUT2D eigenvalue weighted by molar-refractivity contribution is 6.35. The van der Waals surface area contributed by atoms with Gasteiger partial charge in [-0.3, -0.25) is 9.59 Å². The van der Waals surface area contributed by atoms with E-state index in [-0.39, 0.29) is 19.1 Å². The molecule has 0 saturated carbocycles. The van der Waals surface area contributed by atoms with Crippen LogP contribution in [0.4, 0.5) is 5.69 Å². The lowest BCUT2D eigenvalue weighted by Crippen LogP contribution is -2.43. The predicted octanol–water partition coefficient (Wildman–Crippen LogP) is 3.47. The van der Waals surface area contributed by atoms with Gasteiger partial charge in [-0.1, -0.05) is 41.9 Å². The molecule has 0 radical (unpaired) electrons. The van der Waals surface area contributed by atoms with E-state index in [4.69, 9.17) is 16.0 Å². The van der Waals surface area contributed by atoms with Crippen LogP contribution < -0.4 is 15.5 Å². The molecule has 2 heterocycles. The Bertz CT molecular complexity index is 1020. The highest BCUT2D eigenvalue weighted by atomic mass is 35.5. The first-order valence-electron chi connectivity index (χ1n) is 9.80. The van der Waals surface area contributed by atoms with Crippen LogP contribution in [0, 0.1) is 0 Å². The van der Waals surface area contributed by atoms with Crippen LogP contribution in [0.2, 0.25) is 5.02 Å². The zero-order valence-electron chi connectivity index (χ0n) is 16.3. The Labute approximate surface area is 179 Å². The van der Waals surface area contributed by atoms with E-state index in [0.717, 1.165) is 30.0 Å². The number of nitrogens with zero attached hydrogens (tertiary/aromatic N) is 1. The Morgan fingerprint density at radius 1 is 1.00 bits per heavy atom. The fourth-order valence-corrected chi connectivity index (χ4v) is 3.79. The van der Waals surface area contributed by atoms with E-state index < -0.39 is 11.8 Å². The van der Waals surface area contributed by atoms with Crippen molar-refractivity contribution >= 4 is 29.1 Å². The monoisotopic (exact) mass is 423 g/mol. The summed E-state index contributed by atoms with van der Waals surface area (Å²) < 4.78 is 5.63. The summed E-state index contributed by atoms with van der Waals surface area (Å²) in [6, 6.07) is 18.8. The molecule has 1 atom stereocenters. The minimum atomic E-state index is -0.676. The number of hydrogen-bond acceptors (Lipinski definition) is 4. The van der Waals surface area contributed by atoms with Gasteiger partial charge in [-0.25, -0.2) is 0 Å². The van der Waals surface area contributed by atoms with Crippen molar-refractivity contribution in [1.29, 1.82) is 0 Å². The average molecular weight is 424 g/mol. The Morgan fingerprint density at radius 2 is 1.77 bits per heavy atom. The number of fused-ring (bicyclic) bond motifs is 1. The lowest BCUT2D eigenvalue weighted by atomic mass is 10.1. The number of nitrogens with one attached hydrogen (secondary N) is 2. The average Bonchev–Trinajstić information content (AvgIpc) is 3.44. The predicted molar refractivity (Wildman–Crippen MR) is 115 cm³/mol. The first-order valence-corrected chi connectivity index (χ1v) is 10.2. The van der Waals surface area contributed by atoms with Crippen LogP contribution in [0.1, 0.15) is 22.9 Å². The fraction of sp³-hybridized carbons (Fsp3) is 0.217. The van der Waals surface area contributed by atoms with Crippen molar-refractivity contribution in [2.45, 2.75) is 19.0 Å². The maximum Gasteiger partial charge on any atom is 0.309 e. The second-order valence-corrected chi connectivity index (χ2v) is 7.56.